The molecule has 0 aliphatic heterocycles. The first-order valence-corrected chi connectivity index (χ1v) is 10.0. The lowest BCUT2D eigenvalue weighted by Gasteiger charge is -2.33. The average molecular weight is 395 g/mol. The smallest absolute Gasteiger partial charge is 0.278 e. The van der Waals surface area contributed by atoms with Crippen LogP contribution in [-0.4, -0.2) is 11.1 Å². The van der Waals surface area contributed by atoms with E-state index >= 15 is 0 Å². The lowest BCUT2D eigenvalue weighted by molar-refractivity contribution is 0.101. The van der Waals surface area contributed by atoms with Gasteiger partial charge >= 0.3 is 0 Å². The number of hydrogen-bond acceptors (Lipinski definition) is 6. The standard InChI is InChI=1S/C21H21N3O3S/c1-21(2,3)12-6-7-13-14(11-22)20(28-18(13)9-12)23-19(25)15-10-17(27-24-15)16-5-4-8-26-16/h4-5,8,10,12H,6-7,9H2,1-3H3,(H,23,25). The minimum Gasteiger partial charge on any atom is -0.461 e. The summed E-state index contributed by atoms with van der Waals surface area (Å²) in [6.45, 7) is 6.77. The Labute approximate surface area is 167 Å². The van der Waals surface area contributed by atoms with Crippen LogP contribution in [0.5, 0.6) is 0 Å². The van der Waals surface area contributed by atoms with Crippen molar-refractivity contribution in [3.8, 4) is 17.6 Å². The van der Waals surface area contributed by atoms with Gasteiger partial charge in [-0.15, -0.1) is 11.3 Å². The van der Waals surface area contributed by atoms with E-state index in [2.05, 4.69) is 37.3 Å². The number of carbonyl (C=O) groups excluding carboxylic acids is 1. The molecule has 0 aromatic carbocycles. The van der Waals surface area contributed by atoms with Crippen LogP contribution < -0.4 is 5.32 Å². The maximum absolute atomic E-state index is 12.6. The number of nitrogens with zero attached hydrogens (tertiary/aromatic N) is 2. The Morgan fingerprint density at radius 3 is 2.89 bits per heavy atom. The minimum absolute atomic E-state index is 0.147. The highest BCUT2D eigenvalue weighted by Gasteiger charge is 2.32. The Kier molecular flexibility index (Phi) is 4.60. The molecule has 0 spiro atoms. The molecule has 0 fully saturated rings. The molecule has 1 N–H and O–H groups in total. The number of nitriles is 1. The fraction of sp³-hybridized carbons (Fsp3) is 0.381. The Bertz CT molecular complexity index is 1050. The van der Waals surface area contributed by atoms with E-state index in [1.54, 1.807) is 12.1 Å². The van der Waals surface area contributed by atoms with E-state index in [1.165, 1.54) is 28.5 Å². The summed E-state index contributed by atoms with van der Waals surface area (Å²) < 4.78 is 10.4. The number of hydrogen-bond donors (Lipinski definition) is 1. The van der Waals surface area contributed by atoms with Crippen molar-refractivity contribution >= 4 is 22.2 Å². The summed E-state index contributed by atoms with van der Waals surface area (Å²) in [7, 11) is 0. The first-order chi connectivity index (χ1) is 13.4. The number of thiophene rings is 1. The Hall–Kier alpha value is -2.85. The fourth-order valence-electron chi connectivity index (χ4n) is 3.62. The second kappa shape index (κ2) is 6.95. The highest BCUT2D eigenvalue weighted by Crippen LogP contribution is 2.44. The molecule has 0 saturated heterocycles. The van der Waals surface area contributed by atoms with Crippen LogP contribution in [0.2, 0.25) is 0 Å². The average Bonchev–Trinajstić information content (AvgIpc) is 3.38. The third kappa shape index (κ3) is 3.36. The largest absolute Gasteiger partial charge is 0.461 e. The summed E-state index contributed by atoms with van der Waals surface area (Å²) in [5, 5.41) is 16.9. The molecule has 3 aromatic heterocycles. The fourth-order valence-corrected chi connectivity index (χ4v) is 4.89. The van der Waals surface area contributed by atoms with Crippen LogP contribution in [0.3, 0.4) is 0 Å². The molecule has 144 valence electrons. The first kappa shape index (κ1) is 18.5. The van der Waals surface area contributed by atoms with Gasteiger partial charge in [-0.1, -0.05) is 25.9 Å². The molecule has 7 heteroatoms. The number of aromatic nitrogens is 1. The highest BCUT2D eigenvalue weighted by atomic mass is 32.1. The van der Waals surface area contributed by atoms with E-state index in [-0.39, 0.29) is 11.1 Å². The second-order valence-corrected chi connectivity index (χ2v) is 9.24. The van der Waals surface area contributed by atoms with Crippen LogP contribution in [0.1, 0.15) is 53.7 Å². The molecule has 6 nitrogen and oxygen atoms in total. The van der Waals surface area contributed by atoms with Crippen LogP contribution >= 0.6 is 11.3 Å². The van der Waals surface area contributed by atoms with Crippen molar-refractivity contribution < 1.29 is 13.7 Å². The third-order valence-corrected chi connectivity index (χ3v) is 6.51. The number of fused-ring (bicyclic) bond motifs is 1. The summed E-state index contributed by atoms with van der Waals surface area (Å²) >= 11 is 1.50. The maximum Gasteiger partial charge on any atom is 0.278 e. The van der Waals surface area contributed by atoms with Gasteiger partial charge in [0.1, 0.15) is 11.1 Å². The summed E-state index contributed by atoms with van der Waals surface area (Å²) in [5.41, 5.74) is 2.03. The normalized spacial score (nSPS) is 16.4. The lowest BCUT2D eigenvalue weighted by atomic mass is 9.72. The van der Waals surface area contributed by atoms with E-state index in [9.17, 15) is 10.1 Å². The zero-order valence-corrected chi connectivity index (χ0v) is 16.9. The molecule has 0 bridgehead atoms. The van der Waals surface area contributed by atoms with Crippen molar-refractivity contribution in [3.05, 3.63) is 46.2 Å². The molecule has 1 amide bonds. The molecule has 4 rings (SSSR count). The van der Waals surface area contributed by atoms with Gasteiger partial charge < -0.3 is 14.3 Å². The highest BCUT2D eigenvalue weighted by molar-refractivity contribution is 7.16. The Balaban J connectivity index is 1.56. The summed E-state index contributed by atoms with van der Waals surface area (Å²) in [6.07, 6.45) is 4.41. The Morgan fingerprint density at radius 1 is 1.39 bits per heavy atom. The van der Waals surface area contributed by atoms with E-state index in [1.807, 2.05) is 0 Å². The molecule has 1 aliphatic rings. The molecule has 28 heavy (non-hydrogen) atoms. The number of amides is 1. The van der Waals surface area contributed by atoms with Gasteiger partial charge in [0.2, 0.25) is 5.76 Å². The molecule has 1 atom stereocenters. The summed E-state index contributed by atoms with van der Waals surface area (Å²) in [6, 6.07) is 7.27. The SMILES string of the molecule is CC(C)(C)C1CCc2c(sc(NC(=O)c3cc(-c4ccco4)on3)c2C#N)C1. The number of rotatable bonds is 3. The predicted molar refractivity (Wildman–Crippen MR) is 106 cm³/mol. The molecule has 1 aliphatic carbocycles. The number of carbonyl (C=O) groups is 1. The van der Waals surface area contributed by atoms with Crippen molar-refractivity contribution in [2.75, 3.05) is 5.32 Å². The van der Waals surface area contributed by atoms with Crippen LogP contribution in [-0.2, 0) is 12.8 Å². The van der Waals surface area contributed by atoms with Crippen molar-refractivity contribution in [1.82, 2.24) is 5.16 Å². The van der Waals surface area contributed by atoms with Crippen molar-refractivity contribution in [3.63, 3.8) is 0 Å². The molecule has 0 saturated carbocycles. The van der Waals surface area contributed by atoms with E-state index in [4.69, 9.17) is 8.94 Å². The molecular formula is C21H21N3O3S. The van der Waals surface area contributed by atoms with Crippen LogP contribution in [0.25, 0.3) is 11.5 Å². The van der Waals surface area contributed by atoms with Gasteiger partial charge in [0.15, 0.2) is 11.5 Å². The molecular weight excluding hydrogens is 374 g/mol. The predicted octanol–water partition coefficient (Wildman–Crippen LogP) is 5.27. The van der Waals surface area contributed by atoms with Gasteiger partial charge in [0, 0.05) is 10.9 Å². The number of furan rings is 1. The minimum atomic E-state index is -0.399. The molecule has 3 heterocycles. The lowest BCUT2D eigenvalue weighted by Crippen LogP contribution is -2.26. The summed E-state index contributed by atoms with van der Waals surface area (Å²) in [5.74, 6) is 1.06. The molecule has 3 aromatic rings. The second-order valence-electron chi connectivity index (χ2n) is 8.13. The van der Waals surface area contributed by atoms with Gasteiger partial charge in [0.05, 0.1) is 11.8 Å². The van der Waals surface area contributed by atoms with E-state index < -0.39 is 5.91 Å². The van der Waals surface area contributed by atoms with Gasteiger partial charge in [-0.3, -0.25) is 4.79 Å². The molecule has 1 unspecified atom stereocenters. The van der Waals surface area contributed by atoms with Gasteiger partial charge in [-0.2, -0.15) is 5.26 Å². The zero-order chi connectivity index (χ0) is 19.9. The van der Waals surface area contributed by atoms with Crippen LogP contribution in [0, 0.1) is 22.7 Å². The van der Waals surface area contributed by atoms with Crippen molar-refractivity contribution in [2.24, 2.45) is 11.3 Å². The maximum atomic E-state index is 12.6. The van der Waals surface area contributed by atoms with Crippen molar-refractivity contribution in [1.29, 1.82) is 5.26 Å². The quantitative estimate of drug-likeness (QED) is 0.652. The first-order valence-electron chi connectivity index (χ1n) is 9.23. The number of anilines is 1. The van der Waals surface area contributed by atoms with Crippen LogP contribution in [0.15, 0.2) is 33.4 Å². The van der Waals surface area contributed by atoms with Gasteiger partial charge in [-0.05, 0) is 48.3 Å². The van der Waals surface area contributed by atoms with Crippen LogP contribution in [0.4, 0.5) is 5.00 Å². The zero-order valence-electron chi connectivity index (χ0n) is 16.0. The van der Waals surface area contributed by atoms with E-state index in [0.29, 0.717) is 28.0 Å². The Morgan fingerprint density at radius 2 is 2.21 bits per heavy atom. The number of nitrogens with one attached hydrogen (secondary N) is 1. The molecule has 0 radical (unpaired) electrons. The summed E-state index contributed by atoms with van der Waals surface area (Å²) in [4.78, 5) is 13.8. The van der Waals surface area contributed by atoms with E-state index in [0.717, 1.165) is 24.8 Å². The van der Waals surface area contributed by atoms with Gasteiger partial charge in [0.25, 0.3) is 5.91 Å². The topological polar surface area (TPSA) is 92.1 Å². The van der Waals surface area contributed by atoms with Crippen molar-refractivity contribution in [2.45, 2.75) is 40.0 Å². The third-order valence-electron chi connectivity index (χ3n) is 5.34. The van der Waals surface area contributed by atoms with Gasteiger partial charge in [-0.25, -0.2) is 0 Å². The monoisotopic (exact) mass is 395 g/mol.